The molecule has 1 saturated heterocycles. The molecule has 1 heterocycles. The number of ketones is 1. The minimum absolute atomic E-state index is 0.0175. The van der Waals surface area contributed by atoms with Crippen molar-refractivity contribution in [3.63, 3.8) is 0 Å². The summed E-state index contributed by atoms with van der Waals surface area (Å²) in [6, 6.07) is -2.34. The van der Waals surface area contributed by atoms with Crippen LogP contribution in [0, 0.1) is 28.6 Å². The average Bonchev–Trinajstić information content (AvgIpc) is 3.45. The molecular weight excluding hydrogens is 372 g/mol. The fourth-order valence-corrected chi connectivity index (χ4v) is 4.71. The number of carbonyl (C=O) groups is 4. The zero-order valence-electron chi connectivity index (χ0n) is 18.0. The summed E-state index contributed by atoms with van der Waals surface area (Å²) in [7, 11) is 0. The number of amides is 3. The van der Waals surface area contributed by atoms with Crippen molar-refractivity contribution in [2.45, 2.75) is 72.0 Å². The maximum atomic E-state index is 13.2. The summed E-state index contributed by atoms with van der Waals surface area (Å²) in [4.78, 5) is 51.6. The Morgan fingerprint density at radius 2 is 1.76 bits per heavy atom. The molecule has 0 radical (unpaired) electrons. The minimum atomic E-state index is -1.05. The van der Waals surface area contributed by atoms with E-state index in [1.165, 1.54) is 0 Å². The van der Waals surface area contributed by atoms with Crippen LogP contribution in [-0.4, -0.2) is 53.1 Å². The van der Waals surface area contributed by atoms with E-state index in [1.807, 2.05) is 20.8 Å². The van der Waals surface area contributed by atoms with Crippen LogP contribution in [0.4, 0.5) is 0 Å². The highest BCUT2D eigenvalue weighted by Crippen LogP contribution is 2.65. The van der Waals surface area contributed by atoms with Gasteiger partial charge in [0.1, 0.15) is 6.04 Å². The number of carbonyl (C=O) groups excluding carboxylic acids is 4. The van der Waals surface area contributed by atoms with Crippen LogP contribution in [0.25, 0.3) is 0 Å². The van der Waals surface area contributed by atoms with Gasteiger partial charge in [0.15, 0.2) is 0 Å². The highest BCUT2D eigenvalue weighted by atomic mass is 16.2. The van der Waals surface area contributed by atoms with Crippen molar-refractivity contribution in [2.24, 2.45) is 40.1 Å². The molecule has 5 atom stereocenters. The van der Waals surface area contributed by atoms with Crippen molar-refractivity contribution >= 4 is 23.5 Å². The normalized spacial score (nSPS) is 29.6. The van der Waals surface area contributed by atoms with Gasteiger partial charge in [-0.3, -0.25) is 19.2 Å². The third-order valence-corrected chi connectivity index (χ3v) is 7.10. The largest absolute Gasteiger partial charge is 0.363 e. The molecule has 162 valence electrons. The predicted octanol–water partition coefficient (Wildman–Crippen LogP) is 0.182. The van der Waals surface area contributed by atoms with E-state index < -0.39 is 41.1 Å². The van der Waals surface area contributed by atoms with Crippen molar-refractivity contribution in [3.8, 4) is 0 Å². The van der Waals surface area contributed by atoms with E-state index >= 15 is 0 Å². The highest BCUT2D eigenvalue weighted by Gasteiger charge is 2.69. The van der Waals surface area contributed by atoms with E-state index in [9.17, 15) is 19.2 Å². The van der Waals surface area contributed by atoms with E-state index in [2.05, 4.69) is 19.2 Å². The lowest BCUT2D eigenvalue weighted by Gasteiger charge is -2.36. The van der Waals surface area contributed by atoms with E-state index in [0.29, 0.717) is 18.9 Å². The van der Waals surface area contributed by atoms with Crippen molar-refractivity contribution in [2.75, 3.05) is 6.54 Å². The first-order valence-corrected chi connectivity index (χ1v) is 10.5. The van der Waals surface area contributed by atoms with Gasteiger partial charge >= 0.3 is 0 Å². The molecular formula is C21H34N4O4. The number of rotatable bonds is 7. The second-order valence-corrected chi connectivity index (χ2v) is 10.7. The van der Waals surface area contributed by atoms with Crippen LogP contribution in [0.1, 0.15) is 53.9 Å². The standard InChI is InChI=1S/C21H34N4O4/c1-20(2,3)16(22)19(29)25-9-11-13(21(11,4)5)14(25)18(28)24-12(8-10-6-7-10)15(26)17(23)27/h10-14,16H,6-9,22H2,1-5H3,(H2,23,27)(H,24,28)/t11-,12?,13?,14?,16?/m0/s1. The Kier molecular flexibility index (Phi) is 5.30. The fraction of sp³-hybridized carbons (Fsp3) is 0.810. The molecule has 29 heavy (non-hydrogen) atoms. The van der Waals surface area contributed by atoms with Gasteiger partial charge in [-0.2, -0.15) is 0 Å². The summed E-state index contributed by atoms with van der Waals surface area (Å²) < 4.78 is 0. The molecule has 0 bridgehead atoms. The summed E-state index contributed by atoms with van der Waals surface area (Å²) >= 11 is 0. The Morgan fingerprint density at radius 1 is 1.17 bits per heavy atom. The Hall–Kier alpha value is -1.96. The van der Waals surface area contributed by atoms with Gasteiger partial charge in [0.25, 0.3) is 5.91 Å². The van der Waals surface area contributed by atoms with Crippen LogP contribution in [0.3, 0.4) is 0 Å². The average molecular weight is 407 g/mol. The molecule has 8 heteroatoms. The van der Waals surface area contributed by atoms with Crippen LogP contribution in [0.2, 0.25) is 0 Å². The van der Waals surface area contributed by atoms with Crippen molar-refractivity contribution in [1.82, 2.24) is 10.2 Å². The molecule has 4 unspecified atom stereocenters. The van der Waals surface area contributed by atoms with E-state index in [4.69, 9.17) is 11.5 Å². The van der Waals surface area contributed by atoms with Gasteiger partial charge in [0.2, 0.25) is 17.6 Å². The number of nitrogens with one attached hydrogen (secondary N) is 1. The molecule has 8 nitrogen and oxygen atoms in total. The quantitative estimate of drug-likeness (QED) is 0.518. The van der Waals surface area contributed by atoms with Crippen LogP contribution in [-0.2, 0) is 19.2 Å². The summed E-state index contributed by atoms with van der Waals surface area (Å²) in [5.74, 6) is -1.90. The van der Waals surface area contributed by atoms with Crippen LogP contribution < -0.4 is 16.8 Å². The molecule has 3 aliphatic rings. The van der Waals surface area contributed by atoms with Crippen molar-refractivity contribution in [3.05, 3.63) is 0 Å². The number of nitrogens with two attached hydrogens (primary N) is 2. The number of Topliss-reactive ketones (excluding diaryl/α,β-unsaturated/α-hetero) is 1. The number of primary amides is 1. The minimum Gasteiger partial charge on any atom is -0.363 e. The van der Waals surface area contributed by atoms with Crippen LogP contribution in [0.15, 0.2) is 0 Å². The van der Waals surface area contributed by atoms with Crippen LogP contribution in [0.5, 0.6) is 0 Å². The first-order chi connectivity index (χ1) is 13.3. The molecule has 0 aromatic carbocycles. The summed E-state index contributed by atoms with van der Waals surface area (Å²) in [5, 5.41) is 2.74. The van der Waals surface area contributed by atoms with Gasteiger partial charge in [0.05, 0.1) is 12.1 Å². The molecule has 0 spiro atoms. The Labute approximate surface area is 172 Å². The maximum absolute atomic E-state index is 13.2. The molecule has 3 fully saturated rings. The van der Waals surface area contributed by atoms with Crippen molar-refractivity contribution < 1.29 is 19.2 Å². The van der Waals surface area contributed by atoms with Gasteiger partial charge in [-0.1, -0.05) is 47.5 Å². The molecule has 2 saturated carbocycles. The lowest BCUT2D eigenvalue weighted by atomic mass is 9.86. The molecule has 0 aromatic rings. The Morgan fingerprint density at radius 3 is 2.24 bits per heavy atom. The number of likely N-dealkylation sites (tertiary alicyclic amines) is 1. The van der Waals surface area contributed by atoms with E-state index in [0.717, 1.165) is 12.8 Å². The SMILES string of the molecule is CC(C)(C)C(N)C(=O)N1C[C@H]2C(C1C(=O)NC(CC1CC1)C(=O)C(N)=O)C2(C)C. The topological polar surface area (TPSA) is 136 Å². The maximum Gasteiger partial charge on any atom is 0.287 e. The van der Waals surface area contributed by atoms with Gasteiger partial charge in [-0.05, 0) is 35.0 Å². The highest BCUT2D eigenvalue weighted by molar-refractivity contribution is 6.37. The van der Waals surface area contributed by atoms with Gasteiger partial charge in [-0.25, -0.2) is 0 Å². The zero-order chi connectivity index (χ0) is 21.9. The summed E-state index contributed by atoms with van der Waals surface area (Å²) in [5.41, 5.74) is 10.9. The first kappa shape index (κ1) is 21.7. The van der Waals surface area contributed by atoms with E-state index in [-0.39, 0.29) is 23.2 Å². The number of nitrogens with zero attached hydrogens (tertiary/aromatic N) is 1. The Balaban J connectivity index is 1.79. The molecule has 3 rings (SSSR count). The molecule has 5 N–H and O–H groups in total. The Bertz CT molecular complexity index is 737. The zero-order valence-corrected chi connectivity index (χ0v) is 18.0. The fourth-order valence-electron chi connectivity index (χ4n) is 4.71. The van der Waals surface area contributed by atoms with Crippen LogP contribution >= 0.6 is 0 Å². The number of piperidine rings is 1. The lowest BCUT2D eigenvalue weighted by molar-refractivity contribution is -0.144. The smallest absolute Gasteiger partial charge is 0.287 e. The van der Waals surface area contributed by atoms with Gasteiger partial charge < -0.3 is 21.7 Å². The summed E-state index contributed by atoms with van der Waals surface area (Å²) in [6.07, 6.45) is 2.36. The van der Waals surface area contributed by atoms with Gasteiger partial charge in [0, 0.05) is 6.54 Å². The number of hydrogen-bond donors (Lipinski definition) is 3. The lowest BCUT2D eigenvalue weighted by Crippen LogP contribution is -2.59. The molecule has 2 aliphatic carbocycles. The first-order valence-electron chi connectivity index (χ1n) is 10.5. The number of hydrogen-bond acceptors (Lipinski definition) is 5. The molecule has 3 amide bonds. The molecule has 0 aromatic heterocycles. The molecule has 1 aliphatic heterocycles. The monoisotopic (exact) mass is 406 g/mol. The third-order valence-electron chi connectivity index (χ3n) is 7.10. The third kappa shape index (κ3) is 4.04. The summed E-state index contributed by atoms with van der Waals surface area (Å²) in [6.45, 7) is 10.3. The second-order valence-electron chi connectivity index (χ2n) is 10.7. The second kappa shape index (κ2) is 7.07. The van der Waals surface area contributed by atoms with Crippen molar-refractivity contribution in [1.29, 1.82) is 0 Å². The number of fused-ring (bicyclic) bond motifs is 1. The van der Waals surface area contributed by atoms with E-state index in [1.54, 1.807) is 4.90 Å². The predicted molar refractivity (Wildman–Crippen MR) is 107 cm³/mol. The van der Waals surface area contributed by atoms with Gasteiger partial charge in [-0.15, -0.1) is 0 Å².